The Labute approximate surface area is 260 Å². The smallest absolute Gasteiger partial charge is 0.310 e. The molecule has 2 aromatic rings. The van der Waals surface area contributed by atoms with Crippen molar-refractivity contribution in [2.75, 3.05) is 24.7 Å². The van der Waals surface area contributed by atoms with E-state index in [-0.39, 0.29) is 47.6 Å². The Morgan fingerprint density at radius 1 is 1.21 bits per heavy atom. The number of rotatable bonds is 12. The van der Waals surface area contributed by atoms with Gasteiger partial charge in [-0.2, -0.15) is 0 Å². The van der Waals surface area contributed by atoms with E-state index in [2.05, 4.69) is 29.1 Å². The lowest BCUT2D eigenvalue weighted by molar-refractivity contribution is -0.154. The topological polar surface area (TPSA) is 87.1 Å². The van der Waals surface area contributed by atoms with Gasteiger partial charge in [-0.15, -0.1) is 24.9 Å². The van der Waals surface area contributed by atoms with E-state index in [1.165, 1.54) is 0 Å². The summed E-state index contributed by atoms with van der Waals surface area (Å²) in [4.78, 5) is 46.1. The number of halogens is 1. The molecule has 0 saturated carbocycles. The monoisotopic (exact) mass is 654 g/mol. The molecule has 0 aliphatic carbocycles. The van der Waals surface area contributed by atoms with Crippen LogP contribution >= 0.6 is 27.7 Å². The fourth-order valence-electron chi connectivity index (χ4n) is 7.11. The summed E-state index contributed by atoms with van der Waals surface area (Å²) in [5, 5.41) is 12.4. The van der Waals surface area contributed by atoms with E-state index < -0.39 is 34.6 Å². The average molecular weight is 656 g/mol. The highest BCUT2D eigenvalue weighted by atomic mass is 79.9. The van der Waals surface area contributed by atoms with Gasteiger partial charge in [0.1, 0.15) is 6.04 Å². The number of hydrogen-bond acceptors (Lipinski definition) is 6. The Hall–Kier alpha value is -2.62. The minimum Gasteiger partial charge on any atom is -0.465 e. The second-order valence-corrected chi connectivity index (χ2v) is 14.6. The van der Waals surface area contributed by atoms with E-state index in [1.54, 1.807) is 33.7 Å². The Balaban J connectivity index is 1.60. The molecule has 7 nitrogen and oxygen atoms in total. The number of likely N-dealkylation sites (tertiary alicyclic amines) is 1. The molecule has 0 aromatic heterocycles. The Bertz CT molecular complexity index is 1380. The van der Waals surface area contributed by atoms with Crippen molar-refractivity contribution >= 4 is 61.9 Å². The molecule has 2 aromatic carbocycles. The highest BCUT2D eigenvalue weighted by Gasteiger charge is 2.76. The highest BCUT2D eigenvalue weighted by molar-refractivity contribution is 9.09. The van der Waals surface area contributed by atoms with Crippen LogP contribution in [-0.4, -0.2) is 74.5 Å². The number of hydrogen-bond donors (Lipinski definition) is 1. The number of fused-ring (bicyclic) bond motifs is 2. The third-order valence-corrected chi connectivity index (χ3v) is 12.0. The number of esters is 1. The van der Waals surface area contributed by atoms with Crippen molar-refractivity contribution in [2.24, 2.45) is 17.8 Å². The predicted octanol–water partition coefficient (Wildman–Crippen LogP) is 5.35. The van der Waals surface area contributed by atoms with Gasteiger partial charge < -0.3 is 19.6 Å². The van der Waals surface area contributed by atoms with E-state index in [9.17, 15) is 19.5 Å². The molecule has 3 heterocycles. The van der Waals surface area contributed by atoms with E-state index in [4.69, 9.17) is 4.74 Å². The summed E-state index contributed by atoms with van der Waals surface area (Å²) in [6.45, 7) is 11.9. The first kappa shape index (κ1) is 30.8. The minimum absolute atomic E-state index is 0.0649. The van der Waals surface area contributed by atoms with Crippen molar-refractivity contribution in [3.8, 4) is 0 Å². The maximum absolute atomic E-state index is 14.9. The lowest BCUT2D eigenvalue weighted by Gasteiger charge is -2.40. The lowest BCUT2D eigenvalue weighted by atomic mass is 9.71. The van der Waals surface area contributed by atoms with Gasteiger partial charge in [0.2, 0.25) is 5.91 Å². The van der Waals surface area contributed by atoms with Crippen molar-refractivity contribution in [2.45, 2.75) is 60.0 Å². The summed E-state index contributed by atoms with van der Waals surface area (Å²) in [6.07, 6.45) is 4.99. The predicted molar refractivity (Wildman–Crippen MR) is 172 cm³/mol. The average Bonchev–Trinajstić information content (AvgIpc) is 3.57. The van der Waals surface area contributed by atoms with Gasteiger partial charge in [0.15, 0.2) is 0 Å². The van der Waals surface area contributed by atoms with E-state index in [0.29, 0.717) is 24.9 Å². The van der Waals surface area contributed by atoms with Crippen LogP contribution in [0, 0.1) is 17.8 Å². The molecule has 3 aliphatic rings. The quantitative estimate of drug-likeness (QED) is 0.144. The van der Waals surface area contributed by atoms with Crippen molar-refractivity contribution in [3.63, 3.8) is 0 Å². The van der Waals surface area contributed by atoms with Crippen LogP contribution in [0.1, 0.15) is 33.1 Å². The number of amides is 2. The van der Waals surface area contributed by atoms with Crippen LogP contribution < -0.4 is 4.90 Å². The first-order valence-electron chi connectivity index (χ1n) is 14.6. The molecule has 1 spiro atoms. The van der Waals surface area contributed by atoms with Crippen LogP contribution in [0.5, 0.6) is 0 Å². The van der Waals surface area contributed by atoms with Crippen molar-refractivity contribution in [3.05, 3.63) is 67.8 Å². The molecule has 0 radical (unpaired) electrons. The zero-order chi connectivity index (χ0) is 30.2. The Morgan fingerprint density at radius 2 is 1.95 bits per heavy atom. The molecule has 2 bridgehead atoms. The van der Waals surface area contributed by atoms with Gasteiger partial charge in [-0.05, 0) is 48.1 Å². The number of nitrogens with zero attached hydrogens (tertiary/aromatic N) is 2. The first-order valence-corrected chi connectivity index (χ1v) is 16.4. The largest absolute Gasteiger partial charge is 0.465 e. The van der Waals surface area contributed by atoms with Crippen LogP contribution in [-0.2, 0) is 19.1 Å². The number of aliphatic hydroxyl groups is 1. The van der Waals surface area contributed by atoms with E-state index in [0.717, 1.165) is 10.8 Å². The van der Waals surface area contributed by atoms with E-state index >= 15 is 0 Å². The minimum atomic E-state index is -0.863. The number of carbonyl (C=O) groups excluding carboxylic acids is 3. The van der Waals surface area contributed by atoms with E-state index in [1.807, 2.05) is 56.3 Å². The Kier molecular flexibility index (Phi) is 9.21. The fraction of sp³-hybridized carbons (Fsp3) is 0.485. The number of ether oxygens (including phenoxy) is 1. The zero-order valence-electron chi connectivity index (χ0n) is 24.2. The van der Waals surface area contributed by atoms with Gasteiger partial charge in [0, 0.05) is 22.3 Å². The van der Waals surface area contributed by atoms with Gasteiger partial charge in [-0.1, -0.05) is 72.3 Å². The van der Waals surface area contributed by atoms with Crippen LogP contribution in [0.25, 0.3) is 10.8 Å². The van der Waals surface area contributed by atoms with Crippen molar-refractivity contribution in [1.82, 2.24) is 4.90 Å². The summed E-state index contributed by atoms with van der Waals surface area (Å²) in [7, 11) is 0. The van der Waals surface area contributed by atoms with Crippen molar-refractivity contribution < 1.29 is 24.2 Å². The second kappa shape index (κ2) is 12.5. The first-order chi connectivity index (χ1) is 20.2. The lowest BCUT2D eigenvalue weighted by Crippen LogP contribution is -2.58. The molecule has 5 rings (SSSR count). The summed E-state index contributed by atoms with van der Waals surface area (Å²) < 4.78 is 4.79. The molecule has 3 fully saturated rings. The van der Waals surface area contributed by atoms with Gasteiger partial charge >= 0.3 is 5.97 Å². The molecular formula is C33H39BrN2O5S. The van der Waals surface area contributed by atoms with Gasteiger partial charge in [0.25, 0.3) is 5.91 Å². The summed E-state index contributed by atoms with van der Waals surface area (Å²) in [6, 6.07) is 12.4. The molecule has 9 heteroatoms. The number of benzene rings is 2. The fourth-order valence-corrected chi connectivity index (χ4v) is 10.7. The third-order valence-electron chi connectivity index (χ3n) is 8.77. The maximum Gasteiger partial charge on any atom is 0.310 e. The highest BCUT2D eigenvalue weighted by Crippen LogP contribution is 2.68. The standard InChI is InChI=1S/C33H39BrN2O5S/c1-5-7-15-41-32(40)26-27-30(38)36(24(19-37)16-20(3)4)29(33(27)18-25(34)28(26)42-33)31(39)35(14-6-2)23-13-12-21-10-8-9-11-22(21)17-23/h5-6,8-13,17,20,24-29,37H,1-2,7,14-16,18-19H2,3-4H3/t24-,25?,26+,27+,28+,29?,33?/m1/s1. The van der Waals surface area contributed by atoms with Crippen LogP contribution in [0.4, 0.5) is 5.69 Å². The number of thioether (sulfide) groups is 1. The normalized spacial score (nSPS) is 28.6. The SMILES string of the molecule is C=CCCOC(=O)[C@H]1[C@H]2C(=O)N([C@@H](CO)CC(C)C)C(C(=O)N(CC=C)c3ccc4ccccc4c3)C23CC(Br)[C@@H]1S3. The van der Waals surface area contributed by atoms with Gasteiger partial charge in [0.05, 0.1) is 35.8 Å². The van der Waals surface area contributed by atoms with Crippen LogP contribution in [0.2, 0.25) is 0 Å². The number of anilines is 1. The molecule has 3 saturated heterocycles. The number of alkyl halides is 1. The summed E-state index contributed by atoms with van der Waals surface area (Å²) in [5.74, 6) is -2.09. The molecule has 1 N–H and O–H groups in total. The summed E-state index contributed by atoms with van der Waals surface area (Å²) in [5.41, 5.74) is 0.712. The molecular weight excluding hydrogens is 616 g/mol. The third kappa shape index (κ3) is 5.22. The molecule has 7 atom stereocenters. The molecule has 2 amide bonds. The van der Waals surface area contributed by atoms with Crippen LogP contribution in [0.15, 0.2) is 67.8 Å². The number of carbonyl (C=O) groups is 3. The zero-order valence-corrected chi connectivity index (χ0v) is 26.6. The molecule has 3 aliphatic heterocycles. The maximum atomic E-state index is 14.9. The molecule has 3 unspecified atom stereocenters. The van der Waals surface area contributed by atoms with Crippen LogP contribution in [0.3, 0.4) is 0 Å². The molecule has 224 valence electrons. The van der Waals surface area contributed by atoms with Gasteiger partial charge in [-0.25, -0.2) is 0 Å². The van der Waals surface area contributed by atoms with Crippen molar-refractivity contribution in [1.29, 1.82) is 0 Å². The molecule has 42 heavy (non-hydrogen) atoms. The summed E-state index contributed by atoms with van der Waals surface area (Å²) >= 11 is 5.37. The van der Waals surface area contributed by atoms with Gasteiger partial charge in [-0.3, -0.25) is 14.4 Å². The Morgan fingerprint density at radius 3 is 2.62 bits per heavy atom. The second-order valence-electron chi connectivity index (χ2n) is 11.9. The number of aliphatic hydroxyl groups excluding tert-OH is 1.